The van der Waals surface area contributed by atoms with E-state index in [1.165, 1.54) is 6.92 Å². The van der Waals surface area contributed by atoms with E-state index in [0.717, 1.165) is 0 Å². The summed E-state index contributed by atoms with van der Waals surface area (Å²) in [5.74, 6) is -0.494. The normalized spacial score (nSPS) is 10.6. The third kappa shape index (κ3) is 3.41. The van der Waals surface area contributed by atoms with Crippen LogP contribution in [0.5, 0.6) is 0 Å². The van der Waals surface area contributed by atoms with E-state index in [9.17, 15) is 9.59 Å². The van der Waals surface area contributed by atoms with E-state index in [2.05, 4.69) is 18.5 Å². The Kier molecular flexibility index (Phi) is 5.24. The number of anilines is 1. The number of carbonyl (C=O) groups is 2. The highest BCUT2D eigenvalue weighted by Gasteiger charge is 2.40. The van der Waals surface area contributed by atoms with Gasteiger partial charge in [-0.1, -0.05) is 30.4 Å². The van der Waals surface area contributed by atoms with Gasteiger partial charge in [0.05, 0.1) is 0 Å². The van der Waals surface area contributed by atoms with Crippen molar-refractivity contribution >= 4 is 17.4 Å². The predicted molar refractivity (Wildman–Crippen MR) is 77.8 cm³/mol. The van der Waals surface area contributed by atoms with Gasteiger partial charge < -0.3 is 5.32 Å². The number of rotatable bonds is 7. The van der Waals surface area contributed by atoms with Gasteiger partial charge in [-0.15, -0.1) is 13.2 Å². The van der Waals surface area contributed by atoms with E-state index in [1.807, 2.05) is 18.2 Å². The van der Waals surface area contributed by atoms with Crippen LogP contribution in [0.1, 0.15) is 19.8 Å². The van der Waals surface area contributed by atoms with Crippen LogP contribution in [0.4, 0.5) is 5.69 Å². The highest BCUT2D eigenvalue weighted by Crippen LogP contribution is 2.31. The Labute approximate surface area is 114 Å². The number of amides is 1. The lowest BCUT2D eigenvalue weighted by atomic mass is 9.76. The topological polar surface area (TPSA) is 46.2 Å². The first-order valence-corrected chi connectivity index (χ1v) is 6.16. The first kappa shape index (κ1) is 14.9. The Morgan fingerprint density at radius 2 is 1.68 bits per heavy atom. The van der Waals surface area contributed by atoms with Crippen molar-refractivity contribution in [3.63, 3.8) is 0 Å². The summed E-state index contributed by atoms with van der Waals surface area (Å²) in [4.78, 5) is 24.3. The average Bonchev–Trinajstić information content (AvgIpc) is 2.39. The van der Waals surface area contributed by atoms with E-state index in [-0.39, 0.29) is 11.7 Å². The van der Waals surface area contributed by atoms with Crippen LogP contribution in [-0.2, 0) is 9.59 Å². The molecule has 0 aliphatic carbocycles. The van der Waals surface area contributed by atoms with Crippen molar-refractivity contribution in [1.29, 1.82) is 0 Å². The summed E-state index contributed by atoms with van der Waals surface area (Å²) in [6.07, 6.45) is 3.78. The molecule has 100 valence electrons. The molecule has 1 N–H and O–H groups in total. The minimum absolute atomic E-state index is 0.180. The van der Waals surface area contributed by atoms with Gasteiger partial charge in [0.25, 0.3) is 0 Å². The molecule has 1 rings (SSSR count). The summed E-state index contributed by atoms with van der Waals surface area (Å²) in [5, 5.41) is 2.78. The monoisotopic (exact) mass is 257 g/mol. The van der Waals surface area contributed by atoms with Gasteiger partial charge in [-0.05, 0) is 31.9 Å². The van der Waals surface area contributed by atoms with Crippen LogP contribution in [0, 0.1) is 5.41 Å². The molecule has 19 heavy (non-hydrogen) atoms. The number of hydrogen-bond donors (Lipinski definition) is 1. The van der Waals surface area contributed by atoms with Crippen LogP contribution in [0.3, 0.4) is 0 Å². The number of allylic oxidation sites excluding steroid dienone is 2. The molecular weight excluding hydrogens is 238 g/mol. The van der Waals surface area contributed by atoms with Gasteiger partial charge in [0, 0.05) is 5.69 Å². The highest BCUT2D eigenvalue weighted by molar-refractivity contribution is 6.10. The number of Topliss-reactive ketones (excluding diaryl/α,β-unsaturated/α-hetero) is 1. The van der Waals surface area contributed by atoms with Crippen LogP contribution in [0.15, 0.2) is 55.6 Å². The Morgan fingerprint density at radius 3 is 2.11 bits per heavy atom. The summed E-state index contributed by atoms with van der Waals surface area (Å²) < 4.78 is 0. The van der Waals surface area contributed by atoms with Crippen LogP contribution < -0.4 is 5.32 Å². The second-order valence-electron chi connectivity index (χ2n) is 4.44. The van der Waals surface area contributed by atoms with Gasteiger partial charge >= 0.3 is 0 Å². The van der Waals surface area contributed by atoms with E-state index in [0.29, 0.717) is 18.5 Å². The van der Waals surface area contributed by atoms with Gasteiger partial charge in [0.15, 0.2) is 0 Å². The van der Waals surface area contributed by atoms with Crippen molar-refractivity contribution in [1.82, 2.24) is 0 Å². The molecule has 1 aromatic rings. The van der Waals surface area contributed by atoms with E-state index in [4.69, 9.17) is 0 Å². The first-order chi connectivity index (χ1) is 9.06. The quantitative estimate of drug-likeness (QED) is 0.601. The third-order valence-corrected chi connectivity index (χ3v) is 3.13. The molecule has 0 heterocycles. The molecule has 0 aliphatic rings. The maximum Gasteiger partial charge on any atom is 0.238 e. The lowest BCUT2D eigenvalue weighted by Gasteiger charge is -2.27. The number of hydrogen-bond acceptors (Lipinski definition) is 2. The lowest BCUT2D eigenvalue weighted by Crippen LogP contribution is -2.41. The van der Waals surface area contributed by atoms with Crippen LogP contribution in [-0.4, -0.2) is 11.7 Å². The smallest absolute Gasteiger partial charge is 0.238 e. The van der Waals surface area contributed by atoms with Crippen LogP contribution in [0.25, 0.3) is 0 Å². The zero-order valence-electron chi connectivity index (χ0n) is 11.2. The second-order valence-corrected chi connectivity index (χ2v) is 4.44. The minimum Gasteiger partial charge on any atom is -0.325 e. The van der Waals surface area contributed by atoms with Crippen molar-refractivity contribution in [3.05, 3.63) is 55.6 Å². The molecule has 0 unspecified atom stereocenters. The molecule has 0 fully saturated rings. The summed E-state index contributed by atoms with van der Waals surface area (Å²) in [5.41, 5.74) is -0.439. The largest absolute Gasteiger partial charge is 0.325 e. The van der Waals surface area contributed by atoms with Gasteiger partial charge in [0.1, 0.15) is 11.2 Å². The molecule has 0 radical (unpaired) electrons. The standard InChI is InChI=1S/C16H19NO2/c1-4-11-16(12-5-2,13(3)18)15(19)17-14-9-7-6-8-10-14/h4-10H,1-2,11-12H2,3H3,(H,17,19). The summed E-state index contributed by atoms with van der Waals surface area (Å²) >= 11 is 0. The number of para-hydroxylation sites is 1. The molecule has 3 nitrogen and oxygen atoms in total. The van der Waals surface area contributed by atoms with Crippen molar-refractivity contribution in [2.75, 3.05) is 5.32 Å². The maximum absolute atomic E-state index is 12.4. The molecule has 0 atom stereocenters. The van der Waals surface area contributed by atoms with Crippen molar-refractivity contribution in [3.8, 4) is 0 Å². The SMILES string of the molecule is C=CCC(CC=C)(C(C)=O)C(=O)Nc1ccccc1. The van der Waals surface area contributed by atoms with Gasteiger partial charge in [0.2, 0.25) is 5.91 Å². The van der Waals surface area contributed by atoms with E-state index in [1.54, 1.807) is 24.3 Å². The highest BCUT2D eigenvalue weighted by atomic mass is 16.2. The van der Waals surface area contributed by atoms with Crippen molar-refractivity contribution in [2.45, 2.75) is 19.8 Å². The summed E-state index contributed by atoms with van der Waals surface area (Å²) in [6, 6.07) is 9.08. The number of benzene rings is 1. The maximum atomic E-state index is 12.4. The van der Waals surface area contributed by atoms with Crippen molar-refractivity contribution in [2.24, 2.45) is 5.41 Å². The molecular formula is C16H19NO2. The van der Waals surface area contributed by atoms with Gasteiger partial charge in [-0.2, -0.15) is 0 Å². The summed E-state index contributed by atoms with van der Waals surface area (Å²) in [7, 11) is 0. The first-order valence-electron chi connectivity index (χ1n) is 6.16. The second kappa shape index (κ2) is 6.69. The zero-order chi connectivity index (χ0) is 14.3. The average molecular weight is 257 g/mol. The number of ketones is 1. The van der Waals surface area contributed by atoms with E-state index >= 15 is 0 Å². The van der Waals surface area contributed by atoms with E-state index < -0.39 is 5.41 Å². The lowest BCUT2D eigenvalue weighted by molar-refractivity contribution is -0.137. The predicted octanol–water partition coefficient (Wildman–Crippen LogP) is 3.35. The molecule has 0 spiro atoms. The fourth-order valence-electron chi connectivity index (χ4n) is 1.98. The number of carbonyl (C=O) groups excluding carboxylic acids is 2. The molecule has 1 amide bonds. The minimum atomic E-state index is -1.11. The Balaban J connectivity index is 3.03. The molecule has 3 heteroatoms. The Bertz CT molecular complexity index is 467. The molecule has 0 aliphatic heterocycles. The fourth-order valence-corrected chi connectivity index (χ4v) is 1.98. The molecule has 0 saturated heterocycles. The van der Waals surface area contributed by atoms with Crippen LogP contribution in [0.2, 0.25) is 0 Å². The molecule has 0 bridgehead atoms. The van der Waals surface area contributed by atoms with Gasteiger partial charge in [-0.25, -0.2) is 0 Å². The fraction of sp³-hybridized carbons (Fsp3) is 0.250. The van der Waals surface area contributed by atoms with Crippen molar-refractivity contribution < 1.29 is 9.59 Å². The Morgan fingerprint density at radius 1 is 1.16 bits per heavy atom. The molecule has 1 aromatic carbocycles. The number of nitrogens with one attached hydrogen (secondary N) is 1. The zero-order valence-corrected chi connectivity index (χ0v) is 11.2. The molecule has 0 aromatic heterocycles. The Hall–Kier alpha value is -2.16. The molecule has 0 saturated carbocycles. The van der Waals surface area contributed by atoms with Crippen LogP contribution >= 0.6 is 0 Å². The van der Waals surface area contributed by atoms with Gasteiger partial charge in [-0.3, -0.25) is 9.59 Å². The third-order valence-electron chi connectivity index (χ3n) is 3.13. The summed E-state index contributed by atoms with van der Waals surface area (Å²) in [6.45, 7) is 8.69.